The molecule has 0 aliphatic heterocycles. The van der Waals surface area contributed by atoms with Crippen molar-refractivity contribution in [2.45, 2.75) is 33.3 Å². The first-order chi connectivity index (χ1) is 11.1. The Morgan fingerprint density at radius 2 is 2.17 bits per heavy atom. The third kappa shape index (κ3) is 4.14. The number of nitrogens with zero attached hydrogens (tertiary/aromatic N) is 4. The molecule has 7 nitrogen and oxygen atoms in total. The zero-order valence-electron chi connectivity index (χ0n) is 13.8. The van der Waals surface area contributed by atoms with Crippen LogP contribution < -0.4 is 9.63 Å². The molecule has 0 saturated heterocycles. The monoisotopic (exact) mass is 356 g/mol. The number of ether oxygens (including phenoxy) is 1. The summed E-state index contributed by atoms with van der Waals surface area (Å²) in [6.45, 7) is 7.31. The van der Waals surface area contributed by atoms with E-state index in [1.54, 1.807) is 27.7 Å². The van der Waals surface area contributed by atoms with Crippen LogP contribution in [0.25, 0.3) is 5.69 Å². The van der Waals surface area contributed by atoms with Crippen LogP contribution in [0, 0.1) is 11.0 Å². The second kappa shape index (κ2) is 6.64. The van der Waals surface area contributed by atoms with E-state index in [4.69, 9.17) is 16.3 Å². The minimum absolute atomic E-state index is 0.0319. The van der Waals surface area contributed by atoms with E-state index in [-0.39, 0.29) is 10.8 Å². The molecule has 1 amide bonds. The lowest BCUT2D eigenvalue weighted by molar-refractivity contribution is -0.606. The molecule has 0 aliphatic rings. The number of aromatic nitrogens is 3. The maximum Gasteiger partial charge on any atom is 0.414 e. The number of hydrogen-bond donors (Lipinski definition) is 0. The lowest BCUT2D eigenvalue weighted by atomic mass is 10.2. The van der Waals surface area contributed by atoms with Gasteiger partial charge in [0.05, 0.1) is 6.20 Å². The Kier molecular flexibility index (Phi) is 4.98. The van der Waals surface area contributed by atoms with Gasteiger partial charge in [0.1, 0.15) is 17.0 Å². The largest absolute Gasteiger partial charge is 0.619 e. The van der Waals surface area contributed by atoms with Gasteiger partial charge in [0.2, 0.25) is 12.4 Å². The van der Waals surface area contributed by atoms with Crippen molar-refractivity contribution in [1.29, 1.82) is 0 Å². The van der Waals surface area contributed by atoms with Gasteiger partial charge < -0.3 is 9.94 Å². The molecule has 0 bridgehead atoms. The van der Waals surface area contributed by atoms with Crippen LogP contribution in [0.5, 0.6) is 0 Å². The molecule has 2 rings (SSSR count). The van der Waals surface area contributed by atoms with Gasteiger partial charge in [-0.1, -0.05) is 11.6 Å². The molecule has 0 aromatic carbocycles. The van der Waals surface area contributed by atoms with Crippen molar-refractivity contribution in [3.8, 4) is 5.69 Å². The molecule has 2 aromatic rings. The average Bonchev–Trinajstić information content (AvgIpc) is 2.79. The number of carbonyl (C=O) groups is 1. The van der Waals surface area contributed by atoms with Gasteiger partial charge in [-0.2, -0.15) is 9.83 Å². The number of pyridine rings is 1. The highest BCUT2D eigenvalue weighted by Gasteiger charge is 2.26. The molecule has 9 heteroatoms. The lowest BCUT2D eigenvalue weighted by Crippen LogP contribution is -2.36. The maximum absolute atomic E-state index is 13.4. The highest BCUT2D eigenvalue weighted by atomic mass is 35.5. The number of carbonyl (C=O) groups excluding carboxylic acids is 1. The third-order valence-electron chi connectivity index (χ3n) is 2.93. The second-order valence-corrected chi connectivity index (χ2v) is 6.40. The smallest absolute Gasteiger partial charge is 0.414 e. The quantitative estimate of drug-likeness (QED) is 0.625. The summed E-state index contributed by atoms with van der Waals surface area (Å²) in [4.78, 5) is 13.6. The number of amides is 1. The topological polar surface area (TPSA) is 74.3 Å². The predicted molar refractivity (Wildman–Crippen MR) is 86.7 cm³/mol. The first-order valence-electron chi connectivity index (χ1n) is 7.26. The van der Waals surface area contributed by atoms with Gasteiger partial charge in [0.15, 0.2) is 11.0 Å². The van der Waals surface area contributed by atoms with E-state index in [2.05, 4.69) is 5.10 Å². The fraction of sp³-hybridized carbons (Fsp3) is 0.400. The SMILES string of the molecule is CCN(C(=O)OC(C)(C)C)c1cn(-c2cc(F)c[n+]([O-])c2)nc1Cl. The molecule has 0 aliphatic carbocycles. The van der Waals surface area contributed by atoms with E-state index < -0.39 is 17.5 Å². The van der Waals surface area contributed by atoms with E-state index in [1.807, 2.05) is 0 Å². The molecule has 2 heterocycles. The summed E-state index contributed by atoms with van der Waals surface area (Å²) < 4.78 is 20.3. The standard InChI is InChI=1S/C15H18ClFN4O3/c1-5-20(14(22)24-15(2,3)4)12-9-21(18-13(12)16)11-6-10(17)7-19(23)8-11/h6-9H,5H2,1-4H3. The molecule has 0 unspecified atom stereocenters. The van der Waals surface area contributed by atoms with Crippen LogP contribution in [0.2, 0.25) is 5.15 Å². The summed E-state index contributed by atoms with van der Waals surface area (Å²) in [6.07, 6.45) is 2.78. The molecular formula is C15H18ClFN4O3. The van der Waals surface area contributed by atoms with Crippen LogP contribution in [0.4, 0.5) is 14.9 Å². The summed E-state index contributed by atoms with van der Waals surface area (Å²) in [5.41, 5.74) is -0.183. The Labute approximate surface area is 143 Å². The average molecular weight is 357 g/mol. The van der Waals surface area contributed by atoms with Crippen molar-refractivity contribution in [2.24, 2.45) is 0 Å². The van der Waals surface area contributed by atoms with Crippen molar-refractivity contribution < 1.29 is 18.7 Å². The van der Waals surface area contributed by atoms with E-state index in [0.29, 0.717) is 17.0 Å². The van der Waals surface area contributed by atoms with Crippen molar-refractivity contribution in [2.75, 3.05) is 11.4 Å². The first kappa shape index (κ1) is 18.0. The zero-order chi connectivity index (χ0) is 18.1. The van der Waals surface area contributed by atoms with Gasteiger partial charge >= 0.3 is 6.09 Å². The number of hydrogen-bond acceptors (Lipinski definition) is 4. The van der Waals surface area contributed by atoms with Crippen molar-refractivity contribution in [1.82, 2.24) is 9.78 Å². The Morgan fingerprint density at radius 3 is 2.71 bits per heavy atom. The van der Waals surface area contributed by atoms with Crippen LogP contribution in [0.3, 0.4) is 0 Å². The maximum atomic E-state index is 13.4. The molecule has 2 aromatic heterocycles. The van der Waals surface area contributed by atoms with E-state index in [1.165, 1.54) is 15.8 Å². The number of anilines is 1. The van der Waals surface area contributed by atoms with E-state index in [9.17, 15) is 14.4 Å². The third-order valence-corrected chi connectivity index (χ3v) is 3.20. The van der Waals surface area contributed by atoms with Crippen LogP contribution in [-0.2, 0) is 4.74 Å². The van der Waals surface area contributed by atoms with Crippen LogP contribution in [-0.4, -0.2) is 28.0 Å². The van der Waals surface area contributed by atoms with Crippen LogP contribution >= 0.6 is 11.6 Å². The second-order valence-electron chi connectivity index (χ2n) is 6.05. The molecule has 0 radical (unpaired) electrons. The molecule has 130 valence electrons. The summed E-state index contributed by atoms with van der Waals surface area (Å²) in [5.74, 6) is -0.713. The highest BCUT2D eigenvalue weighted by molar-refractivity contribution is 6.32. The van der Waals surface area contributed by atoms with Crippen molar-refractivity contribution in [3.05, 3.63) is 40.8 Å². The number of halogens is 2. The summed E-state index contributed by atoms with van der Waals surface area (Å²) >= 11 is 6.10. The number of rotatable bonds is 3. The van der Waals surface area contributed by atoms with Gasteiger partial charge in [-0.25, -0.2) is 13.9 Å². The Bertz CT molecular complexity index is 737. The van der Waals surface area contributed by atoms with Crippen molar-refractivity contribution >= 4 is 23.4 Å². The van der Waals surface area contributed by atoms with Gasteiger partial charge in [0.25, 0.3) is 0 Å². The summed E-state index contributed by atoms with van der Waals surface area (Å²) in [6, 6.07) is 1.13. The van der Waals surface area contributed by atoms with Gasteiger partial charge in [0, 0.05) is 12.6 Å². The molecule has 0 saturated carbocycles. The molecule has 0 atom stereocenters. The highest BCUT2D eigenvalue weighted by Crippen LogP contribution is 2.27. The Hall–Kier alpha value is -2.35. The van der Waals surface area contributed by atoms with E-state index >= 15 is 0 Å². The Balaban J connectivity index is 2.37. The summed E-state index contributed by atoms with van der Waals surface area (Å²) in [7, 11) is 0. The Morgan fingerprint density at radius 1 is 1.50 bits per heavy atom. The van der Waals surface area contributed by atoms with Gasteiger partial charge in [-0.05, 0) is 27.7 Å². The zero-order valence-corrected chi connectivity index (χ0v) is 14.5. The summed E-state index contributed by atoms with van der Waals surface area (Å²) in [5, 5.41) is 15.4. The van der Waals surface area contributed by atoms with Crippen molar-refractivity contribution in [3.63, 3.8) is 0 Å². The molecule has 0 fully saturated rings. The van der Waals surface area contributed by atoms with Gasteiger partial charge in [-0.15, -0.1) is 0 Å². The van der Waals surface area contributed by atoms with E-state index in [0.717, 1.165) is 18.5 Å². The first-order valence-corrected chi connectivity index (χ1v) is 7.64. The minimum atomic E-state index is -0.713. The van der Waals surface area contributed by atoms with Crippen LogP contribution in [0.1, 0.15) is 27.7 Å². The fourth-order valence-electron chi connectivity index (χ4n) is 2.00. The normalized spacial score (nSPS) is 11.4. The minimum Gasteiger partial charge on any atom is -0.619 e. The predicted octanol–water partition coefficient (Wildman–Crippen LogP) is 3.06. The molecule has 0 spiro atoms. The molecule has 24 heavy (non-hydrogen) atoms. The molecule has 0 N–H and O–H groups in total. The lowest BCUT2D eigenvalue weighted by Gasteiger charge is -2.25. The molecular weight excluding hydrogens is 339 g/mol. The van der Waals surface area contributed by atoms with Gasteiger partial charge in [-0.3, -0.25) is 4.90 Å². The van der Waals surface area contributed by atoms with Crippen LogP contribution in [0.15, 0.2) is 24.7 Å². The fourth-order valence-corrected chi connectivity index (χ4v) is 2.23.